The van der Waals surface area contributed by atoms with Crippen LogP contribution in [-0.4, -0.2) is 29.7 Å². The van der Waals surface area contributed by atoms with Crippen LogP contribution in [0.1, 0.15) is 31.4 Å². The molecule has 1 atom stereocenters. The Labute approximate surface area is 130 Å². The fourth-order valence-electron chi connectivity index (χ4n) is 1.70. The summed E-state index contributed by atoms with van der Waals surface area (Å²) in [5.41, 5.74) is 0.0764. The van der Waals surface area contributed by atoms with Crippen LogP contribution in [0.5, 0.6) is 5.75 Å². The highest BCUT2D eigenvalue weighted by atomic mass is 79.9. The average Bonchev–Trinajstić information content (AvgIpc) is 2.43. The monoisotopic (exact) mass is 361 g/mol. The maximum Gasteiger partial charge on any atom is 0.312 e. The van der Waals surface area contributed by atoms with Gasteiger partial charge in [-0.3, -0.25) is 14.9 Å². The number of hydrogen-bond donors (Lipinski definition) is 1. The van der Waals surface area contributed by atoms with E-state index in [0.717, 1.165) is 0 Å². The van der Waals surface area contributed by atoms with E-state index in [2.05, 4.69) is 20.7 Å². The number of halogens is 1. The molecule has 0 unspecified atom stereocenters. The second kappa shape index (κ2) is 7.94. The summed E-state index contributed by atoms with van der Waals surface area (Å²) in [5.74, 6) is -0.359. The van der Waals surface area contributed by atoms with Crippen LogP contribution in [0.3, 0.4) is 0 Å². The van der Waals surface area contributed by atoms with E-state index in [9.17, 15) is 20.0 Å². The van der Waals surface area contributed by atoms with Crippen LogP contribution in [0.25, 0.3) is 0 Å². The first-order valence-electron chi connectivity index (χ1n) is 6.22. The number of carbonyl (C=O) groups excluding carboxylic acids is 1. The van der Waals surface area contributed by atoms with Crippen molar-refractivity contribution < 1.29 is 24.3 Å². The Morgan fingerprint density at radius 3 is 2.71 bits per heavy atom. The molecule has 1 aromatic rings. The van der Waals surface area contributed by atoms with E-state index in [4.69, 9.17) is 4.74 Å². The molecule has 21 heavy (non-hydrogen) atoms. The number of aliphatic hydroxyl groups is 1. The Morgan fingerprint density at radius 2 is 2.19 bits per heavy atom. The van der Waals surface area contributed by atoms with E-state index >= 15 is 0 Å². The average molecular weight is 362 g/mol. The molecule has 8 heteroatoms. The Balaban J connectivity index is 2.92. The minimum Gasteiger partial charge on any atom is -0.487 e. The van der Waals surface area contributed by atoms with Crippen molar-refractivity contribution in [3.8, 4) is 5.75 Å². The highest BCUT2D eigenvalue weighted by Crippen LogP contribution is 2.37. The van der Waals surface area contributed by atoms with Crippen LogP contribution in [0, 0.1) is 10.1 Å². The van der Waals surface area contributed by atoms with Gasteiger partial charge in [0.2, 0.25) is 5.75 Å². The third-order valence-corrected chi connectivity index (χ3v) is 3.17. The molecule has 1 N–H and O–H groups in total. The molecule has 0 fully saturated rings. The second-order valence-electron chi connectivity index (χ2n) is 4.30. The number of benzene rings is 1. The SMILES string of the molecule is COC(=O)CCCOc1c([C@H](C)O)cc(Br)cc1[N+](=O)[O-]. The normalized spacial score (nSPS) is 11.8. The third kappa shape index (κ3) is 4.98. The molecule has 116 valence electrons. The molecule has 1 rings (SSSR count). The molecular weight excluding hydrogens is 346 g/mol. The zero-order valence-electron chi connectivity index (χ0n) is 11.7. The quantitative estimate of drug-likeness (QED) is 0.347. The molecule has 0 spiro atoms. The van der Waals surface area contributed by atoms with Crippen molar-refractivity contribution in [1.29, 1.82) is 0 Å². The fraction of sp³-hybridized carbons (Fsp3) is 0.462. The number of carbonyl (C=O) groups is 1. The van der Waals surface area contributed by atoms with E-state index in [1.165, 1.54) is 20.1 Å². The molecule has 0 aromatic heterocycles. The Bertz CT molecular complexity index is 532. The standard InChI is InChI=1S/C13H16BrNO6/c1-8(16)10-6-9(14)7-11(15(18)19)13(10)21-5-3-4-12(17)20-2/h6-8,16H,3-5H2,1-2H3/t8-/m0/s1. The molecule has 7 nitrogen and oxygen atoms in total. The van der Waals surface area contributed by atoms with Crippen molar-refractivity contribution in [2.75, 3.05) is 13.7 Å². The van der Waals surface area contributed by atoms with Gasteiger partial charge < -0.3 is 14.6 Å². The number of rotatable bonds is 7. The van der Waals surface area contributed by atoms with Gasteiger partial charge in [0.25, 0.3) is 0 Å². The van der Waals surface area contributed by atoms with Crippen LogP contribution in [-0.2, 0) is 9.53 Å². The van der Waals surface area contributed by atoms with Crippen molar-refractivity contribution in [3.05, 3.63) is 32.3 Å². The lowest BCUT2D eigenvalue weighted by molar-refractivity contribution is -0.386. The fourth-order valence-corrected chi connectivity index (χ4v) is 2.16. The van der Waals surface area contributed by atoms with Gasteiger partial charge in [0.1, 0.15) is 0 Å². The molecule has 1 aromatic carbocycles. The first-order valence-corrected chi connectivity index (χ1v) is 7.01. The summed E-state index contributed by atoms with van der Waals surface area (Å²) in [6, 6.07) is 2.87. The van der Waals surface area contributed by atoms with E-state index in [-0.39, 0.29) is 30.4 Å². The molecule has 0 amide bonds. The minimum atomic E-state index is -0.920. The largest absolute Gasteiger partial charge is 0.487 e. The lowest BCUT2D eigenvalue weighted by Crippen LogP contribution is -2.08. The van der Waals surface area contributed by atoms with E-state index < -0.39 is 11.0 Å². The zero-order chi connectivity index (χ0) is 16.0. The van der Waals surface area contributed by atoms with Crippen molar-refractivity contribution in [2.24, 2.45) is 0 Å². The van der Waals surface area contributed by atoms with Gasteiger partial charge in [-0.25, -0.2) is 0 Å². The molecule has 0 heterocycles. The Hall–Kier alpha value is -1.67. The highest BCUT2D eigenvalue weighted by Gasteiger charge is 2.23. The van der Waals surface area contributed by atoms with Gasteiger partial charge in [0.05, 0.1) is 24.7 Å². The maximum atomic E-state index is 11.1. The smallest absolute Gasteiger partial charge is 0.312 e. The predicted octanol–water partition coefficient (Wildman–Crippen LogP) is 2.74. The molecule has 0 aliphatic heterocycles. The summed E-state index contributed by atoms with van der Waals surface area (Å²) in [6.45, 7) is 1.60. The number of nitro benzene ring substituents is 1. The maximum absolute atomic E-state index is 11.1. The van der Waals surface area contributed by atoms with Crippen molar-refractivity contribution >= 4 is 27.6 Å². The molecule has 0 bridgehead atoms. The Kier molecular flexibility index (Phi) is 6.57. The molecule has 0 aliphatic rings. The van der Waals surface area contributed by atoms with Crippen LogP contribution in [0.2, 0.25) is 0 Å². The lowest BCUT2D eigenvalue weighted by atomic mass is 10.1. The van der Waals surface area contributed by atoms with Crippen LogP contribution in [0.15, 0.2) is 16.6 Å². The predicted molar refractivity (Wildman–Crippen MR) is 78.2 cm³/mol. The van der Waals surface area contributed by atoms with E-state index in [0.29, 0.717) is 16.5 Å². The summed E-state index contributed by atoms with van der Waals surface area (Å²) in [7, 11) is 1.29. The first kappa shape index (κ1) is 17.4. The van der Waals surface area contributed by atoms with E-state index in [1.54, 1.807) is 6.07 Å². The third-order valence-electron chi connectivity index (χ3n) is 2.71. The number of hydrogen-bond acceptors (Lipinski definition) is 6. The van der Waals surface area contributed by atoms with Gasteiger partial charge in [-0.15, -0.1) is 0 Å². The van der Waals surface area contributed by atoms with Gasteiger partial charge in [-0.1, -0.05) is 15.9 Å². The molecule has 0 aliphatic carbocycles. The van der Waals surface area contributed by atoms with Crippen LogP contribution < -0.4 is 4.74 Å². The topological polar surface area (TPSA) is 98.9 Å². The van der Waals surface area contributed by atoms with Gasteiger partial charge in [-0.05, 0) is 19.4 Å². The van der Waals surface area contributed by atoms with Gasteiger partial charge in [0, 0.05) is 22.5 Å². The van der Waals surface area contributed by atoms with Crippen molar-refractivity contribution in [2.45, 2.75) is 25.9 Å². The number of nitrogens with zero attached hydrogens (tertiary/aromatic N) is 1. The first-order chi connectivity index (χ1) is 9.86. The summed E-state index contributed by atoms with van der Waals surface area (Å²) >= 11 is 3.16. The summed E-state index contributed by atoms with van der Waals surface area (Å²) in [6.07, 6.45) is -0.402. The molecule has 0 saturated heterocycles. The number of nitro groups is 1. The van der Waals surface area contributed by atoms with Crippen molar-refractivity contribution in [3.63, 3.8) is 0 Å². The minimum absolute atomic E-state index is 0.0167. The summed E-state index contributed by atoms with van der Waals surface area (Å²) in [5, 5.41) is 20.8. The number of aliphatic hydroxyl groups excluding tert-OH is 1. The van der Waals surface area contributed by atoms with E-state index in [1.807, 2.05) is 0 Å². The Morgan fingerprint density at radius 1 is 1.52 bits per heavy atom. The number of methoxy groups -OCH3 is 1. The molecule has 0 radical (unpaired) electrons. The van der Waals surface area contributed by atoms with Crippen LogP contribution >= 0.6 is 15.9 Å². The number of ether oxygens (including phenoxy) is 2. The van der Waals surface area contributed by atoms with Gasteiger partial charge in [0.15, 0.2) is 0 Å². The molecule has 0 saturated carbocycles. The van der Waals surface area contributed by atoms with Gasteiger partial charge >= 0.3 is 11.7 Å². The molecular formula is C13H16BrNO6. The van der Waals surface area contributed by atoms with Crippen molar-refractivity contribution in [1.82, 2.24) is 0 Å². The van der Waals surface area contributed by atoms with Crippen LogP contribution in [0.4, 0.5) is 5.69 Å². The highest BCUT2D eigenvalue weighted by molar-refractivity contribution is 9.10. The second-order valence-corrected chi connectivity index (χ2v) is 5.22. The lowest BCUT2D eigenvalue weighted by Gasteiger charge is -2.14. The summed E-state index contributed by atoms with van der Waals surface area (Å²) in [4.78, 5) is 21.5. The number of esters is 1. The summed E-state index contributed by atoms with van der Waals surface area (Å²) < 4.78 is 10.4. The zero-order valence-corrected chi connectivity index (χ0v) is 13.3. The van der Waals surface area contributed by atoms with Gasteiger partial charge in [-0.2, -0.15) is 0 Å².